The molecule has 7 nitrogen and oxygen atoms in total. The van der Waals surface area contributed by atoms with Crippen LogP contribution in [0, 0.1) is 0 Å². The van der Waals surface area contributed by atoms with E-state index in [-0.39, 0.29) is 11.8 Å². The van der Waals surface area contributed by atoms with Gasteiger partial charge in [0.05, 0.1) is 16.9 Å². The van der Waals surface area contributed by atoms with Gasteiger partial charge in [-0.25, -0.2) is 4.98 Å². The van der Waals surface area contributed by atoms with E-state index >= 15 is 0 Å². The number of nitrogens with zero attached hydrogens (tertiary/aromatic N) is 4. The summed E-state index contributed by atoms with van der Waals surface area (Å²) in [6, 6.07) is 11.4. The van der Waals surface area contributed by atoms with E-state index in [1.54, 1.807) is 23.2 Å². The van der Waals surface area contributed by atoms with Gasteiger partial charge in [0.15, 0.2) is 5.82 Å². The topological polar surface area (TPSA) is 68.8 Å². The first-order valence-corrected chi connectivity index (χ1v) is 12.3. The van der Waals surface area contributed by atoms with Crippen molar-refractivity contribution < 1.29 is 9.59 Å². The van der Waals surface area contributed by atoms with Crippen molar-refractivity contribution in [1.82, 2.24) is 14.8 Å². The average molecular weight is 450 g/mol. The third-order valence-corrected chi connectivity index (χ3v) is 6.83. The molecule has 7 heteroatoms. The van der Waals surface area contributed by atoms with E-state index in [0.29, 0.717) is 35.2 Å². The molecule has 2 aliphatic rings. The number of benzene rings is 1. The second kappa shape index (κ2) is 10.9. The van der Waals surface area contributed by atoms with E-state index in [2.05, 4.69) is 33.9 Å². The Labute approximate surface area is 196 Å². The minimum absolute atomic E-state index is 0.0313. The third-order valence-electron chi connectivity index (χ3n) is 6.83. The number of aromatic nitrogens is 1. The summed E-state index contributed by atoms with van der Waals surface area (Å²) in [5, 5.41) is 2.92. The molecule has 0 radical (unpaired) electrons. The number of carbonyl (C=O) groups is 2. The number of hydrogen-bond donors (Lipinski definition) is 1. The number of piperidine rings is 1. The number of likely N-dealkylation sites (N-methyl/N-ethyl adjacent to an activating group) is 1. The summed E-state index contributed by atoms with van der Waals surface area (Å²) in [7, 11) is 0. The Balaban J connectivity index is 1.47. The van der Waals surface area contributed by atoms with Crippen molar-refractivity contribution in [1.29, 1.82) is 0 Å². The van der Waals surface area contributed by atoms with Crippen molar-refractivity contribution in [3.8, 4) is 0 Å². The summed E-state index contributed by atoms with van der Waals surface area (Å²) in [6.45, 7) is 9.72. The first kappa shape index (κ1) is 23.4. The number of rotatable bonds is 8. The highest BCUT2D eigenvalue weighted by molar-refractivity contribution is 6.16. The average Bonchev–Trinajstić information content (AvgIpc) is 2.97. The lowest BCUT2D eigenvalue weighted by Crippen LogP contribution is -2.47. The Morgan fingerprint density at radius 2 is 1.97 bits per heavy atom. The fourth-order valence-corrected chi connectivity index (χ4v) is 4.97. The van der Waals surface area contributed by atoms with Crippen LogP contribution in [-0.2, 0) is 4.79 Å². The second-order valence-corrected chi connectivity index (χ2v) is 8.85. The minimum atomic E-state index is -0.242. The number of fused-ring (bicyclic) bond motifs is 2. The maximum atomic E-state index is 13.5. The molecule has 1 saturated heterocycles. The lowest BCUT2D eigenvalue weighted by atomic mass is 10.0. The number of amides is 2. The highest BCUT2D eigenvalue weighted by Crippen LogP contribution is 2.37. The van der Waals surface area contributed by atoms with Gasteiger partial charge in [0, 0.05) is 25.2 Å². The zero-order valence-electron chi connectivity index (χ0n) is 19.8. The van der Waals surface area contributed by atoms with Crippen LogP contribution in [0.3, 0.4) is 0 Å². The van der Waals surface area contributed by atoms with Crippen LogP contribution in [0.15, 0.2) is 42.6 Å². The first-order valence-electron chi connectivity index (χ1n) is 12.3. The van der Waals surface area contributed by atoms with Crippen molar-refractivity contribution >= 4 is 29.0 Å². The van der Waals surface area contributed by atoms with Crippen molar-refractivity contribution in [2.45, 2.75) is 52.0 Å². The lowest BCUT2D eigenvalue weighted by molar-refractivity contribution is -0.118. The Hall–Kier alpha value is -2.77. The zero-order valence-corrected chi connectivity index (χ0v) is 19.8. The predicted octanol–water partition coefficient (Wildman–Crippen LogP) is 4.29. The maximum absolute atomic E-state index is 13.5. The highest BCUT2D eigenvalue weighted by atomic mass is 16.2. The highest BCUT2D eigenvalue weighted by Gasteiger charge is 2.30. The van der Waals surface area contributed by atoms with Crippen molar-refractivity contribution in [2.75, 3.05) is 42.9 Å². The van der Waals surface area contributed by atoms with Gasteiger partial charge in [-0.2, -0.15) is 0 Å². The number of para-hydroxylation sites is 2. The van der Waals surface area contributed by atoms with Crippen LogP contribution < -0.4 is 10.2 Å². The normalized spacial score (nSPS) is 18.5. The van der Waals surface area contributed by atoms with Gasteiger partial charge in [-0.3, -0.25) is 19.4 Å². The molecule has 1 aromatic carbocycles. The van der Waals surface area contributed by atoms with Gasteiger partial charge in [0.25, 0.3) is 5.91 Å². The van der Waals surface area contributed by atoms with Gasteiger partial charge in [-0.15, -0.1) is 0 Å². The number of hydrogen-bond acceptors (Lipinski definition) is 5. The monoisotopic (exact) mass is 449 g/mol. The Morgan fingerprint density at radius 3 is 2.79 bits per heavy atom. The summed E-state index contributed by atoms with van der Waals surface area (Å²) in [5.41, 5.74) is 1.72. The molecule has 1 aromatic heterocycles. The molecule has 0 saturated carbocycles. The molecule has 2 aromatic rings. The Bertz CT molecular complexity index is 975. The molecule has 4 rings (SSSR count). The Kier molecular flexibility index (Phi) is 7.73. The van der Waals surface area contributed by atoms with Crippen LogP contribution in [0.1, 0.15) is 56.3 Å². The molecule has 176 valence electrons. The van der Waals surface area contributed by atoms with Crippen LogP contribution in [-0.4, -0.2) is 65.4 Å². The second-order valence-electron chi connectivity index (χ2n) is 8.85. The predicted molar refractivity (Wildman–Crippen MR) is 132 cm³/mol. The van der Waals surface area contributed by atoms with Gasteiger partial charge in [-0.05, 0) is 69.7 Å². The molecule has 1 fully saturated rings. The van der Waals surface area contributed by atoms with Gasteiger partial charge in [0.1, 0.15) is 0 Å². The summed E-state index contributed by atoms with van der Waals surface area (Å²) in [5.74, 6) is 0.131. The van der Waals surface area contributed by atoms with E-state index in [1.807, 2.05) is 24.3 Å². The van der Waals surface area contributed by atoms with Crippen molar-refractivity contribution in [3.05, 3.63) is 48.2 Å². The number of nitrogens with one attached hydrogen (secondary N) is 1. The van der Waals surface area contributed by atoms with E-state index in [4.69, 9.17) is 0 Å². The van der Waals surface area contributed by atoms with Crippen LogP contribution >= 0.6 is 0 Å². The van der Waals surface area contributed by atoms with Gasteiger partial charge in [0.2, 0.25) is 5.91 Å². The molecule has 2 aliphatic heterocycles. The summed E-state index contributed by atoms with van der Waals surface area (Å²) < 4.78 is 0. The van der Waals surface area contributed by atoms with Crippen molar-refractivity contribution in [2.24, 2.45) is 0 Å². The van der Waals surface area contributed by atoms with Crippen LogP contribution in [0.25, 0.3) is 0 Å². The number of pyridine rings is 1. The molecule has 0 bridgehead atoms. The van der Waals surface area contributed by atoms with Gasteiger partial charge in [-0.1, -0.05) is 32.4 Å². The number of anilines is 3. The molecule has 3 heterocycles. The molecule has 0 spiro atoms. The molecule has 1 unspecified atom stereocenters. The molecular formula is C26H35N5O2. The summed E-state index contributed by atoms with van der Waals surface area (Å²) in [6.07, 6.45) is 6.58. The molecule has 1 atom stereocenters. The minimum Gasteiger partial charge on any atom is -0.320 e. The number of likely N-dealkylation sites (tertiary alicyclic amines) is 1. The lowest BCUT2D eigenvalue weighted by Gasteiger charge is -2.38. The smallest absolute Gasteiger partial charge is 0.259 e. The van der Waals surface area contributed by atoms with Crippen LogP contribution in [0.5, 0.6) is 0 Å². The maximum Gasteiger partial charge on any atom is 0.259 e. The number of carbonyl (C=O) groups excluding carboxylic acids is 2. The van der Waals surface area contributed by atoms with Crippen LogP contribution in [0.2, 0.25) is 0 Å². The van der Waals surface area contributed by atoms with Crippen molar-refractivity contribution in [3.63, 3.8) is 0 Å². The fourth-order valence-electron chi connectivity index (χ4n) is 4.97. The fraction of sp³-hybridized carbons (Fsp3) is 0.500. The van der Waals surface area contributed by atoms with E-state index in [0.717, 1.165) is 39.1 Å². The van der Waals surface area contributed by atoms with Gasteiger partial charge >= 0.3 is 0 Å². The quantitative estimate of drug-likeness (QED) is 0.651. The molecule has 33 heavy (non-hydrogen) atoms. The molecule has 2 amide bonds. The van der Waals surface area contributed by atoms with Gasteiger partial charge < -0.3 is 10.2 Å². The first-order chi connectivity index (χ1) is 16.1. The summed E-state index contributed by atoms with van der Waals surface area (Å²) in [4.78, 5) is 37.3. The van der Waals surface area contributed by atoms with Crippen LogP contribution in [0.4, 0.5) is 17.2 Å². The van der Waals surface area contributed by atoms with E-state index < -0.39 is 0 Å². The standard InChI is InChI=1S/C26H35N5O2/c1-3-29(4-2)19-20-11-7-8-17-30(20)18-10-15-24(32)31-23-14-6-5-13-22(23)28-26(33)21-12-9-16-27-25(21)31/h5-6,9,12-14,16,20H,3-4,7-8,10-11,15,17-19H2,1-2H3,(H,28,33). The Morgan fingerprint density at radius 1 is 1.15 bits per heavy atom. The zero-order chi connectivity index (χ0) is 23.2. The molecule has 1 N–H and O–H groups in total. The molecule has 0 aliphatic carbocycles. The molecular weight excluding hydrogens is 414 g/mol. The summed E-state index contributed by atoms with van der Waals surface area (Å²) >= 11 is 0. The largest absolute Gasteiger partial charge is 0.320 e. The van der Waals surface area contributed by atoms with E-state index in [9.17, 15) is 9.59 Å². The SMILES string of the molecule is CCN(CC)CC1CCCCN1CCCC(=O)N1c2ccccc2NC(=O)c2cccnc21. The third kappa shape index (κ3) is 5.25. The van der Waals surface area contributed by atoms with E-state index in [1.165, 1.54) is 19.3 Å².